The van der Waals surface area contributed by atoms with Crippen LogP contribution in [0.3, 0.4) is 0 Å². The lowest BCUT2D eigenvalue weighted by molar-refractivity contribution is -0.139. The summed E-state index contributed by atoms with van der Waals surface area (Å²) in [6, 6.07) is 27.2. The third-order valence-corrected chi connectivity index (χ3v) is 13.3. The first-order valence-corrected chi connectivity index (χ1v) is 22.3. The van der Waals surface area contributed by atoms with Gasteiger partial charge in [-0.3, -0.25) is 14.5 Å². The van der Waals surface area contributed by atoms with Gasteiger partial charge in [0.1, 0.15) is 18.3 Å². The number of rotatable bonds is 12. The zero-order chi connectivity index (χ0) is 43.0. The Labute approximate surface area is 361 Å². The number of anilines is 1. The van der Waals surface area contributed by atoms with E-state index in [1.807, 2.05) is 41.2 Å². The Morgan fingerprint density at radius 2 is 1.21 bits per heavy atom. The van der Waals surface area contributed by atoms with Crippen LogP contribution in [0.1, 0.15) is 126 Å². The number of carbonyl (C=O) groups is 2. The van der Waals surface area contributed by atoms with E-state index in [4.69, 9.17) is 14.7 Å². The van der Waals surface area contributed by atoms with Crippen LogP contribution >= 0.6 is 0 Å². The molecule has 2 amide bonds. The van der Waals surface area contributed by atoms with E-state index < -0.39 is 0 Å². The van der Waals surface area contributed by atoms with Gasteiger partial charge >= 0.3 is 0 Å². The van der Waals surface area contributed by atoms with Gasteiger partial charge in [0.2, 0.25) is 11.8 Å². The van der Waals surface area contributed by atoms with Crippen molar-refractivity contribution in [2.24, 2.45) is 5.92 Å². The minimum atomic E-state index is -0.154. The van der Waals surface area contributed by atoms with Gasteiger partial charge in [-0.2, -0.15) is 0 Å². The van der Waals surface area contributed by atoms with Gasteiger partial charge in [0.05, 0.1) is 54.0 Å². The molecule has 1 unspecified atom stereocenters. The summed E-state index contributed by atoms with van der Waals surface area (Å²) in [5, 5.41) is 0. The number of hydrogen-bond donors (Lipinski definition) is 2. The Hall–Kier alpha value is -5.26. The molecule has 322 valence electrons. The molecule has 5 heterocycles. The minimum absolute atomic E-state index is 0.00375. The maximum atomic E-state index is 13.7. The molecule has 0 radical (unpaired) electrons. The molecule has 2 N–H and O–H groups in total. The molecule has 0 spiro atoms. The van der Waals surface area contributed by atoms with Crippen LogP contribution in [0.5, 0.6) is 0 Å². The van der Waals surface area contributed by atoms with E-state index in [2.05, 4.69) is 122 Å². The van der Waals surface area contributed by atoms with Crippen molar-refractivity contribution in [3.8, 4) is 22.5 Å². The Balaban J connectivity index is 1.02. The number of benzene rings is 3. The number of methoxy groups -OCH3 is 1. The summed E-state index contributed by atoms with van der Waals surface area (Å²) in [7, 11) is 5.55. The Bertz CT molecular complexity index is 2260. The van der Waals surface area contributed by atoms with Crippen molar-refractivity contribution in [3.05, 3.63) is 114 Å². The number of nitrogens with one attached hydrogen (secondary N) is 2. The highest BCUT2D eigenvalue weighted by Crippen LogP contribution is 2.48. The first kappa shape index (κ1) is 42.4. The number of amides is 2. The zero-order valence-electron chi connectivity index (χ0n) is 37.3. The molecule has 8 rings (SSSR count). The van der Waals surface area contributed by atoms with Crippen LogP contribution < -0.4 is 4.90 Å². The second-order valence-electron chi connectivity index (χ2n) is 18.9. The van der Waals surface area contributed by atoms with E-state index in [9.17, 15) is 9.59 Å². The van der Waals surface area contributed by atoms with Crippen molar-refractivity contribution in [2.75, 3.05) is 45.8 Å². The molecule has 3 aromatic carbocycles. The average molecular weight is 825 g/mol. The molecule has 3 fully saturated rings. The van der Waals surface area contributed by atoms with Gasteiger partial charge in [-0.15, -0.1) is 0 Å². The van der Waals surface area contributed by atoms with E-state index in [1.165, 1.54) is 22.4 Å². The van der Waals surface area contributed by atoms with E-state index in [-0.39, 0.29) is 60.0 Å². The second-order valence-corrected chi connectivity index (χ2v) is 18.9. The van der Waals surface area contributed by atoms with Crippen LogP contribution in [0.4, 0.5) is 5.69 Å². The standard InChI is InChI=1S/C50H64N8O3/c1-32(2)46(55(6)7)49(60)57-28-10-12-44(57)48-52-30-40(54-48)34-15-19-36(20-16-34)42-26-25-41(58(42)38-23-21-37(22-24-38)50(3,4)5)35-17-13-33(14-18-35)39-29-51-47(53-39)43-11-9-27-56(43)45(59)31-61-8/h13-24,29-30,32,41-44,46H,9-12,25-28,31H2,1-8H3,(H,51,53)(H,52,54)/t41-,42-,43+,44+,46?/m1/s1. The fraction of sp³-hybridized carbons (Fsp3) is 0.480. The summed E-state index contributed by atoms with van der Waals surface area (Å²) in [6.45, 7) is 12.6. The molecule has 11 heteroatoms. The number of imidazole rings is 2. The van der Waals surface area contributed by atoms with E-state index in [0.29, 0.717) is 0 Å². The summed E-state index contributed by atoms with van der Waals surface area (Å²) in [5.74, 6) is 2.11. The highest BCUT2D eigenvalue weighted by atomic mass is 16.5. The molecule has 5 aromatic rings. The summed E-state index contributed by atoms with van der Waals surface area (Å²) in [6.07, 6.45) is 9.61. The normalized spacial score (nSPS) is 21.3. The van der Waals surface area contributed by atoms with E-state index in [0.717, 1.165) is 85.8 Å². The number of hydrogen-bond acceptors (Lipinski definition) is 7. The molecule has 0 saturated carbocycles. The lowest BCUT2D eigenvalue weighted by Gasteiger charge is -2.34. The van der Waals surface area contributed by atoms with Gasteiger partial charge in [-0.05, 0) is 104 Å². The Kier molecular flexibility index (Phi) is 12.3. The first-order valence-electron chi connectivity index (χ1n) is 22.3. The first-order chi connectivity index (χ1) is 29.3. The lowest BCUT2D eigenvalue weighted by Crippen LogP contribution is -2.48. The van der Waals surface area contributed by atoms with Crippen molar-refractivity contribution < 1.29 is 14.3 Å². The molecule has 0 bridgehead atoms. The summed E-state index contributed by atoms with van der Waals surface area (Å²) in [5.41, 5.74) is 9.26. The molecular formula is C50H64N8O3. The highest BCUT2D eigenvalue weighted by Gasteiger charge is 2.39. The van der Waals surface area contributed by atoms with Gasteiger partial charge in [0, 0.05) is 25.9 Å². The molecule has 61 heavy (non-hydrogen) atoms. The fourth-order valence-corrected chi connectivity index (χ4v) is 10.2. The predicted molar refractivity (Wildman–Crippen MR) is 242 cm³/mol. The van der Waals surface area contributed by atoms with Gasteiger partial charge in [-0.1, -0.05) is 95.3 Å². The Morgan fingerprint density at radius 3 is 1.67 bits per heavy atom. The quantitative estimate of drug-likeness (QED) is 0.129. The fourth-order valence-electron chi connectivity index (χ4n) is 10.2. The van der Waals surface area contributed by atoms with Crippen molar-refractivity contribution in [1.82, 2.24) is 34.6 Å². The van der Waals surface area contributed by atoms with Gasteiger partial charge in [-0.25, -0.2) is 9.97 Å². The third-order valence-electron chi connectivity index (χ3n) is 13.3. The molecule has 3 aliphatic rings. The van der Waals surface area contributed by atoms with Crippen LogP contribution in [0.15, 0.2) is 85.2 Å². The molecule has 5 atom stereocenters. The molecule has 11 nitrogen and oxygen atoms in total. The van der Waals surface area contributed by atoms with Crippen LogP contribution in [0.2, 0.25) is 0 Å². The molecule has 2 aromatic heterocycles. The molecule has 0 aliphatic carbocycles. The number of aromatic amines is 2. The maximum Gasteiger partial charge on any atom is 0.249 e. The van der Waals surface area contributed by atoms with Crippen LogP contribution in [0.25, 0.3) is 22.5 Å². The maximum absolute atomic E-state index is 13.7. The SMILES string of the molecule is COCC(=O)N1CCC[C@H]1c1ncc(-c2ccc([C@H]3CC[C@H](c4ccc(-c5cnc([C@@H]6CCCN6C(=O)C(C(C)C)N(C)C)[nH]5)cc4)N3c3ccc(C(C)(C)C)cc3)cc2)[nH]1. The van der Waals surface area contributed by atoms with Crippen molar-refractivity contribution in [2.45, 2.75) is 109 Å². The third kappa shape index (κ3) is 8.64. The lowest BCUT2D eigenvalue weighted by atomic mass is 9.87. The topological polar surface area (TPSA) is 114 Å². The summed E-state index contributed by atoms with van der Waals surface area (Å²) < 4.78 is 5.14. The largest absolute Gasteiger partial charge is 0.375 e. The number of aromatic nitrogens is 4. The van der Waals surface area contributed by atoms with Crippen molar-refractivity contribution >= 4 is 17.5 Å². The number of carbonyl (C=O) groups excluding carboxylic acids is 2. The number of likely N-dealkylation sites (tertiary alicyclic amines) is 2. The van der Waals surface area contributed by atoms with Crippen LogP contribution in [-0.2, 0) is 19.7 Å². The monoisotopic (exact) mass is 825 g/mol. The second kappa shape index (κ2) is 17.6. The highest BCUT2D eigenvalue weighted by molar-refractivity contribution is 5.83. The predicted octanol–water partition coefficient (Wildman–Crippen LogP) is 9.41. The molecule has 3 aliphatic heterocycles. The van der Waals surface area contributed by atoms with E-state index >= 15 is 0 Å². The summed E-state index contributed by atoms with van der Waals surface area (Å²) in [4.78, 5) is 51.7. The number of H-pyrrole nitrogens is 2. The minimum Gasteiger partial charge on any atom is -0.375 e. The van der Waals surface area contributed by atoms with E-state index in [1.54, 1.807) is 7.11 Å². The molecular weight excluding hydrogens is 761 g/mol. The van der Waals surface area contributed by atoms with Crippen LogP contribution in [0, 0.1) is 5.92 Å². The molecule has 3 saturated heterocycles. The van der Waals surface area contributed by atoms with Gasteiger partial charge in [0.25, 0.3) is 0 Å². The average Bonchev–Trinajstić information content (AvgIpc) is 4.10. The van der Waals surface area contributed by atoms with Gasteiger partial charge < -0.3 is 29.4 Å². The van der Waals surface area contributed by atoms with Crippen molar-refractivity contribution in [3.63, 3.8) is 0 Å². The Morgan fingerprint density at radius 1 is 0.721 bits per heavy atom. The number of likely N-dealkylation sites (N-methyl/N-ethyl adjacent to an activating group) is 1. The smallest absolute Gasteiger partial charge is 0.249 e. The van der Waals surface area contributed by atoms with Crippen LogP contribution in [-0.4, -0.2) is 93.4 Å². The van der Waals surface area contributed by atoms with Gasteiger partial charge in [0.15, 0.2) is 0 Å². The summed E-state index contributed by atoms with van der Waals surface area (Å²) >= 11 is 0. The van der Waals surface area contributed by atoms with Crippen molar-refractivity contribution in [1.29, 1.82) is 0 Å². The zero-order valence-corrected chi connectivity index (χ0v) is 37.3. The number of ether oxygens (including phenoxy) is 1. The number of nitrogens with zero attached hydrogens (tertiary/aromatic N) is 6.